The third-order valence-corrected chi connectivity index (χ3v) is 10.1. The minimum Gasteiger partial charge on any atom is -0.478 e. The van der Waals surface area contributed by atoms with Crippen LogP contribution in [-0.2, 0) is 29.8 Å². The number of hydrogen-bond donors (Lipinski definition) is 8. The number of nitrogens with one attached hydrogen (secondary N) is 4. The second kappa shape index (κ2) is 16.9. The zero-order valence-electron chi connectivity index (χ0n) is 30.2. The van der Waals surface area contributed by atoms with E-state index >= 15 is 0 Å². The number of rotatable bonds is 12. The zero-order valence-corrected chi connectivity index (χ0v) is 31.9. The summed E-state index contributed by atoms with van der Waals surface area (Å²) in [5, 5.41) is 30.4. The third-order valence-electron chi connectivity index (χ3n) is 8.39. The van der Waals surface area contributed by atoms with Crippen LogP contribution in [0.2, 0.25) is 0 Å². The number of amides is 2. The lowest BCUT2D eigenvalue weighted by atomic mass is 9.94. The molecule has 4 aromatic carbocycles. The van der Waals surface area contributed by atoms with Crippen LogP contribution in [0.1, 0.15) is 43.0 Å². The SMILES string of the molecule is O=C(O)C=Cc1ccc(NN=C2C(=O)c3ccc(NC(=O)Nc4ccc5c(c4)C=C(S(=O)(=O)O)C(=NNc4ccc(C=CC(=O)O)cc4)C5=O)cc3C=C2S(=O)(=O)O)cc1. The molecule has 0 saturated carbocycles. The fraction of sp³-hybridized carbons (Fsp3) is 0. The first kappa shape index (κ1) is 41.8. The van der Waals surface area contributed by atoms with Crippen molar-refractivity contribution < 1.29 is 60.1 Å². The van der Waals surface area contributed by atoms with Gasteiger partial charge in [-0.05, 0) is 107 Å². The Morgan fingerprint density at radius 3 is 1.22 bits per heavy atom. The molecule has 0 aliphatic heterocycles. The van der Waals surface area contributed by atoms with Gasteiger partial charge in [-0.2, -0.15) is 27.0 Å². The summed E-state index contributed by atoms with van der Waals surface area (Å²) in [5.41, 5.74) is 5.59. The van der Waals surface area contributed by atoms with E-state index in [0.717, 1.165) is 24.3 Å². The molecule has 19 nitrogen and oxygen atoms in total. The summed E-state index contributed by atoms with van der Waals surface area (Å²) in [7, 11) is -10.0. The van der Waals surface area contributed by atoms with Crippen molar-refractivity contribution in [2.45, 2.75) is 0 Å². The molecule has 0 spiro atoms. The number of allylic oxidation sites excluding steroid dienone is 2. The molecule has 0 saturated heterocycles. The Bertz CT molecular complexity index is 2720. The second-order valence-electron chi connectivity index (χ2n) is 12.5. The number of carboxylic acids is 2. The number of benzene rings is 4. The highest BCUT2D eigenvalue weighted by Crippen LogP contribution is 2.30. The minimum absolute atomic E-state index is 0.00554. The van der Waals surface area contributed by atoms with Gasteiger partial charge in [0.15, 0.2) is 11.4 Å². The van der Waals surface area contributed by atoms with Gasteiger partial charge in [0.05, 0.1) is 11.4 Å². The number of urea groups is 1. The van der Waals surface area contributed by atoms with E-state index in [9.17, 15) is 49.9 Å². The molecule has 6 rings (SSSR count). The highest BCUT2D eigenvalue weighted by molar-refractivity contribution is 7.91. The molecule has 2 amide bonds. The fourth-order valence-electron chi connectivity index (χ4n) is 5.64. The van der Waals surface area contributed by atoms with Gasteiger partial charge in [-0.3, -0.25) is 29.5 Å². The predicted molar refractivity (Wildman–Crippen MR) is 222 cm³/mol. The molecule has 2 aliphatic carbocycles. The first-order chi connectivity index (χ1) is 28.3. The molecular weight excluding hydrogens is 825 g/mol. The topological polar surface area (TPSA) is 307 Å². The normalized spacial score (nSPS) is 15.3. The number of fused-ring (bicyclic) bond motifs is 2. The summed E-state index contributed by atoms with van der Waals surface area (Å²) in [5.74, 6) is -4.05. The number of aliphatic carboxylic acids is 2. The molecular formula is C39H28N6O13S2. The maximum atomic E-state index is 13.4. The highest BCUT2D eigenvalue weighted by Gasteiger charge is 2.34. The van der Waals surface area contributed by atoms with Crippen molar-refractivity contribution >= 4 is 108 Å². The average Bonchev–Trinajstić information content (AvgIpc) is 3.18. The van der Waals surface area contributed by atoms with E-state index in [4.69, 9.17) is 10.2 Å². The monoisotopic (exact) mass is 852 g/mol. The van der Waals surface area contributed by atoms with Gasteiger partial charge in [-0.15, -0.1) is 0 Å². The number of hydrazone groups is 2. The van der Waals surface area contributed by atoms with Gasteiger partial charge in [0.25, 0.3) is 20.2 Å². The van der Waals surface area contributed by atoms with Crippen LogP contribution in [0.5, 0.6) is 0 Å². The van der Waals surface area contributed by atoms with Crippen molar-refractivity contribution in [2.24, 2.45) is 10.2 Å². The molecule has 0 radical (unpaired) electrons. The number of carbonyl (C=O) groups is 5. The van der Waals surface area contributed by atoms with Crippen molar-refractivity contribution in [3.8, 4) is 0 Å². The van der Waals surface area contributed by atoms with Gasteiger partial charge < -0.3 is 20.8 Å². The first-order valence-electron chi connectivity index (χ1n) is 16.9. The smallest absolute Gasteiger partial charge is 0.328 e. The number of ketones is 2. The van der Waals surface area contributed by atoms with Crippen LogP contribution in [0.25, 0.3) is 24.3 Å². The van der Waals surface area contributed by atoms with Gasteiger partial charge in [0.2, 0.25) is 11.6 Å². The summed E-state index contributed by atoms with van der Waals surface area (Å²) in [6.07, 6.45) is 6.53. The van der Waals surface area contributed by atoms with E-state index in [2.05, 4.69) is 31.7 Å². The highest BCUT2D eigenvalue weighted by atomic mass is 32.2. The summed E-state index contributed by atoms with van der Waals surface area (Å²) >= 11 is 0. The van der Waals surface area contributed by atoms with Gasteiger partial charge >= 0.3 is 18.0 Å². The van der Waals surface area contributed by atoms with Crippen LogP contribution in [-0.4, -0.2) is 77.1 Å². The Hall–Kier alpha value is -7.85. The molecule has 0 bridgehead atoms. The summed E-state index contributed by atoms with van der Waals surface area (Å²) in [6, 6.07) is 19.0. The lowest BCUT2D eigenvalue weighted by Crippen LogP contribution is -2.27. The van der Waals surface area contributed by atoms with E-state index in [1.165, 1.54) is 97.1 Å². The molecule has 2 aliphatic rings. The number of carbonyl (C=O) groups excluding carboxylic acids is 3. The van der Waals surface area contributed by atoms with Crippen LogP contribution in [0.3, 0.4) is 0 Å². The van der Waals surface area contributed by atoms with Crippen molar-refractivity contribution in [3.63, 3.8) is 0 Å². The lowest BCUT2D eigenvalue weighted by molar-refractivity contribution is -0.132. The molecule has 0 unspecified atom stereocenters. The number of anilines is 4. The van der Waals surface area contributed by atoms with E-state index in [0.29, 0.717) is 22.5 Å². The molecule has 0 aromatic heterocycles. The molecule has 304 valence electrons. The minimum atomic E-state index is -5.01. The van der Waals surface area contributed by atoms with E-state index in [1.807, 2.05) is 0 Å². The number of Topliss-reactive ketones (excluding diaryl/α,β-unsaturated/α-hetero) is 2. The van der Waals surface area contributed by atoms with Gasteiger partial charge in [0.1, 0.15) is 9.81 Å². The Balaban J connectivity index is 1.18. The van der Waals surface area contributed by atoms with Gasteiger partial charge in [-0.25, -0.2) is 14.4 Å². The Kier molecular flexibility index (Phi) is 11.8. The maximum absolute atomic E-state index is 13.4. The second-order valence-corrected chi connectivity index (χ2v) is 15.3. The summed E-state index contributed by atoms with van der Waals surface area (Å²) in [4.78, 5) is 59.7. The molecule has 60 heavy (non-hydrogen) atoms. The molecule has 0 fully saturated rings. The van der Waals surface area contributed by atoms with Crippen molar-refractivity contribution in [1.82, 2.24) is 0 Å². The maximum Gasteiger partial charge on any atom is 0.328 e. The predicted octanol–water partition coefficient (Wildman–Crippen LogP) is 5.31. The standard InChI is InChI=1S/C39H28N6O13S2/c46-33(47)15-5-21-1-7-25(8-2-21)42-44-35-31(59(53,54)55)19-23-17-27(11-13-29(23)37(35)50)40-39(52)41-28-12-14-30-24(18-28)20-32(60(56,57)58)36(38(30)51)45-43-26-9-3-22(4-10-26)6-16-34(48)49/h1-20,42-43H,(H,46,47)(H,48,49)(H2,40,41,52)(H,53,54,55)(H,56,57,58). The van der Waals surface area contributed by atoms with Crippen LogP contribution in [0.4, 0.5) is 27.5 Å². The quantitative estimate of drug-likeness (QED) is 0.0509. The van der Waals surface area contributed by atoms with Crippen LogP contribution in [0, 0.1) is 0 Å². The molecule has 0 atom stereocenters. The van der Waals surface area contributed by atoms with E-state index in [-0.39, 0.29) is 33.6 Å². The Morgan fingerprint density at radius 1 is 0.533 bits per heavy atom. The Labute approximate surface area is 339 Å². The van der Waals surface area contributed by atoms with Crippen molar-refractivity contribution in [1.29, 1.82) is 0 Å². The largest absolute Gasteiger partial charge is 0.478 e. The van der Waals surface area contributed by atoms with Crippen LogP contribution >= 0.6 is 0 Å². The fourth-order valence-corrected chi connectivity index (χ4v) is 6.96. The Morgan fingerprint density at radius 2 is 0.883 bits per heavy atom. The third kappa shape index (κ3) is 9.99. The number of carboxylic acid groups (broad SMARTS) is 2. The molecule has 0 heterocycles. The summed E-state index contributed by atoms with van der Waals surface area (Å²) < 4.78 is 69.3. The van der Waals surface area contributed by atoms with Crippen LogP contribution < -0.4 is 21.5 Å². The van der Waals surface area contributed by atoms with Crippen LogP contribution in [0.15, 0.2) is 117 Å². The lowest BCUT2D eigenvalue weighted by Gasteiger charge is -2.18. The number of nitrogens with zero attached hydrogens (tertiary/aromatic N) is 2. The molecule has 8 N–H and O–H groups in total. The summed E-state index contributed by atoms with van der Waals surface area (Å²) in [6.45, 7) is 0. The van der Waals surface area contributed by atoms with Crippen molar-refractivity contribution in [3.05, 3.63) is 140 Å². The zero-order chi connectivity index (χ0) is 43.4. The van der Waals surface area contributed by atoms with E-state index < -0.39 is 71.0 Å². The first-order valence-corrected chi connectivity index (χ1v) is 19.8. The molecule has 21 heteroatoms. The molecule has 4 aromatic rings. The van der Waals surface area contributed by atoms with Crippen molar-refractivity contribution in [2.75, 3.05) is 21.5 Å². The van der Waals surface area contributed by atoms with E-state index in [1.54, 1.807) is 0 Å². The average molecular weight is 853 g/mol. The van der Waals surface area contributed by atoms with Gasteiger partial charge in [-0.1, -0.05) is 24.3 Å². The number of hydrogen-bond acceptors (Lipinski definition) is 13. The van der Waals surface area contributed by atoms with Gasteiger partial charge in [0, 0.05) is 34.7 Å².